The molecule has 0 spiro atoms. The Morgan fingerprint density at radius 3 is 1.37 bits per heavy atom. The molecule has 65 heavy (non-hydrogen) atoms. The number of carbonyl (C=O) groups is 2. The lowest BCUT2D eigenvalue weighted by atomic mass is 9.88. The van der Waals surface area contributed by atoms with Gasteiger partial charge < -0.3 is 29.6 Å². The lowest BCUT2D eigenvalue weighted by molar-refractivity contribution is 0.0704. The van der Waals surface area contributed by atoms with E-state index < -0.39 is 0 Å². The van der Waals surface area contributed by atoms with Gasteiger partial charge in [-0.05, 0) is 149 Å². The molecule has 0 bridgehead atoms. The van der Waals surface area contributed by atoms with Crippen LogP contribution in [0.15, 0.2) is 72.8 Å². The normalized spacial score (nSPS) is 14.4. The third-order valence-electron chi connectivity index (χ3n) is 13.0. The standard InChI is InChI=1S/C27H30N4O2.C26H28N4O2/c1-17-13-18(2)24(14-23(17)26-19(3)29-25(30-26)16-33-4)27(32)31-11-9-22(10-12-31)21-7-5-20(15-28)6-8-21;1-16-12-17(2)23(13-22(16)25-18(3)28-24(15-31)29-25)26(32)30-10-8-21(9-11-30)20-6-4-19(14-27)5-7-20/h5-8,13-14,22H,9-12,16H2,1-4H3,(H,29,30);4-7,12-13,21,31H,8-11,15H2,1-3H3,(H,28,29). The summed E-state index contributed by atoms with van der Waals surface area (Å²) in [5, 5.41) is 27.4. The maximum atomic E-state index is 13.5. The number of hydrogen-bond donors (Lipinski definition) is 3. The van der Waals surface area contributed by atoms with E-state index >= 15 is 0 Å². The molecule has 8 rings (SSSR count). The number of piperidine rings is 2. The summed E-state index contributed by atoms with van der Waals surface area (Å²) in [5.74, 6) is 2.26. The van der Waals surface area contributed by atoms with Crippen LogP contribution in [0.2, 0.25) is 0 Å². The lowest BCUT2D eigenvalue weighted by Crippen LogP contribution is -2.38. The molecule has 2 amide bonds. The summed E-state index contributed by atoms with van der Waals surface area (Å²) in [6.45, 7) is 15.1. The largest absolute Gasteiger partial charge is 0.388 e. The van der Waals surface area contributed by atoms with E-state index in [-0.39, 0.29) is 18.4 Å². The van der Waals surface area contributed by atoms with Gasteiger partial charge >= 0.3 is 0 Å². The molecule has 0 unspecified atom stereocenters. The number of imidazole rings is 2. The number of aryl methyl sites for hydroxylation is 6. The summed E-state index contributed by atoms with van der Waals surface area (Å²) in [5.41, 5.74) is 14.8. The smallest absolute Gasteiger partial charge is 0.254 e. The van der Waals surface area contributed by atoms with Crippen molar-refractivity contribution in [1.82, 2.24) is 29.7 Å². The van der Waals surface area contributed by atoms with Crippen LogP contribution >= 0.6 is 0 Å². The zero-order valence-corrected chi connectivity index (χ0v) is 38.5. The van der Waals surface area contributed by atoms with Gasteiger partial charge in [-0.15, -0.1) is 0 Å². The predicted octanol–water partition coefficient (Wildman–Crippen LogP) is 9.43. The number of nitrogens with zero attached hydrogens (tertiary/aromatic N) is 6. The molecule has 2 aromatic heterocycles. The first-order valence-corrected chi connectivity index (χ1v) is 22.3. The van der Waals surface area contributed by atoms with Crippen LogP contribution in [0.1, 0.15) is 126 Å². The first-order chi connectivity index (χ1) is 31.3. The number of methoxy groups -OCH3 is 1. The van der Waals surface area contributed by atoms with Crippen LogP contribution in [-0.4, -0.2) is 79.9 Å². The maximum Gasteiger partial charge on any atom is 0.254 e. The number of aliphatic hydroxyl groups is 1. The number of likely N-dealkylation sites (tertiary alicyclic amines) is 2. The minimum absolute atomic E-state index is 0.0533. The van der Waals surface area contributed by atoms with Gasteiger partial charge in [0.1, 0.15) is 24.9 Å². The Morgan fingerprint density at radius 2 is 1.02 bits per heavy atom. The molecular formula is C53H58N8O4. The number of H-pyrrole nitrogens is 2. The number of benzene rings is 4. The Labute approximate surface area is 381 Å². The molecule has 2 fully saturated rings. The zero-order valence-electron chi connectivity index (χ0n) is 38.5. The van der Waals surface area contributed by atoms with Crippen LogP contribution < -0.4 is 0 Å². The Bertz CT molecular complexity index is 2760. The topological polar surface area (TPSA) is 175 Å². The molecule has 2 saturated heterocycles. The summed E-state index contributed by atoms with van der Waals surface area (Å²) in [6.07, 6.45) is 3.67. The Morgan fingerprint density at radius 1 is 0.631 bits per heavy atom. The number of hydrogen-bond acceptors (Lipinski definition) is 8. The van der Waals surface area contributed by atoms with Gasteiger partial charge in [0.25, 0.3) is 11.8 Å². The highest BCUT2D eigenvalue weighted by molar-refractivity contribution is 5.98. The van der Waals surface area contributed by atoms with Gasteiger partial charge in [-0.1, -0.05) is 36.4 Å². The van der Waals surface area contributed by atoms with E-state index in [2.05, 4.69) is 40.1 Å². The van der Waals surface area contributed by atoms with Gasteiger partial charge in [0.15, 0.2) is 0 Å². The van der Waals surface area contributed by atoms with Crippen LogP contribution in [-0.2, 0) is 18.0 Å². The number of aromatic amines is 2. The van der Waals surface area contributed by atoms with Crippen molar-refractivity contribution in [1.29, 1.82) is 10.5 Å². The van der Waals surface area contributed by atoms with E-state index in [1.807, 2.05) is 111 Å². The molecule has 2 aliphatic rings. The van der Waals surface area contributed by atoms with Crippen LogP contribution in [0.4, 0.5) is 0 Å². The molecule has 6 aromatic rings. The molecule has 334 valence electrons. The van der Waals surface area contributed by atoms with Crippen LogP contribution in [0.5, 0.6) is 0 Å². The van der Waals surface area contributed by atoms with Crippen molar-refractivity contribution in [3.8, 4) is 34.7 Å². The summed E-state index contributed by atoms with van der Waals surface area (Å²) in [4.78, 5) is 46.4. The fraction of sp³-hybridized carbons (Fsp3) is 0.358. The lowest BCUT2D eigenvalue weighted by Gasteiger charge is -2.33. The van der Waals surface area contributed by atoms with Crippen LogP contribution in [0.3, 0.4) is 0 Å². The second-order valence-electron chi connectivity index (χ2n) is 17.5. The highest BCUT2D eigenvalue weighted by Crippen LogP contribution is 2.34. The summed E-state index contributed by atoms with van der Waals surface area (Å²) in [7, 11) is 1.65. The number of rotatable bonds is 9. The van der Waals surface area contributed by atoms with Gasteiger partial charge in [0, 0.05) is 66.9 Å². The molecule has 0 saturated carbocycles. The van der Waals surface area contributed by atoms with Crippen molar-refractivity contribution >= 4 is 11.8 Å². The minimum atomic E-state index is -0.147. The van der Waals surface area contributed by atoms with Gasteiger partial charge in [-0.25, -0.2) is 9.97 Å². The number of aromatic nitrogens is 4. The van der Waals surface area contributed by atoms with Crippen molar-refractivity contribution in [2.45, 2.75) is 92.3 Å². The minimum Gasteiger partial charge on any atom is -0.388 e. The quantitative estimate of drug-likeness (QED) is 0.129. The predicted molar refractivity (Wildman–Crippen MR) is 251 cm³/mol. The second kappa shape index (κ2) is 20.3. The van der Waals surface area contributed by atoms with Crippen LogP contribution in [0, 0.1) is 64.2 Å². The monoisotopic (exact) mass is 870 g/mol. The van der Waals surface area contributed by atoms with E-state index in [0.717, 1.165) is 106 Å². The van der Waals surface area contributed by atoms with Crippen molar-refractivity contribution in [3.63, 3.8) is 0 Å². The molecule has 4 aromatic carbocycles. The van der Waals surface area contributed by atoms with Crippen molar-refractivity contribution < 1.29 is 19.4 Å². The molecule has 4 heterocycles. The molecule has 0 radical (unpaired) electrons. The number of nitrogens with one attached hydrogen (secondary N) is 2. The number of carbonyl (C=O) groups excluding carboxylic acids is 2. The number of amides is 2. The molecule has 12 heteroatoms. The van der Waals surface area contributed by atoms with E-state index in [9.17, 15) is 14.7 Å². The first kappa shape index (κ1) is 46.1. The van der Waals surface area contributed by atoms with E-state index in [4.69, 9.17) is 20.2 Å². The summed E-state index contributed by atoms with van der Waals surface area (Å²) in [6, 6.07) is 28.0. The highest BCUT2D eigenvalue weighted by Gasteiger charge is 2.28. The fourth-order valence-electron chi connectivity index (χ4n) is 9.36. The summed E-state index contributed by atoms with van der Waals surface area (Å²) < 4.78 is 5.21. The van der Waals surface area contributed by atoms with E-state index in [1.165, 1.54) is 11.1 Å². The van der Waals surface area contributed by atoms with Gasteiger partial charge in [0.2, 0.25) is 0 Å². The average Bonchev–Trinajstić information content (AvgIpc) is 3.89. The van der Waals surface area contributed by atoms with Gasteiger partial charge in [-0.2, -0.15) is 10.5 Å². The molecule has 0 aliphatic carbocycles. The Kier molecular flexibility index (Phi) is 14.4. The van der Waals surface area contributed by atoms with Gasteiger partial charge in [-0.3, -0.25) is 9.59 Å². The van der Waals surface area contributed by atoms with Crippen LogP contribution in [0.25, 0.3) is 22.5 Å². The fourth-order valence-corrected chi connectivity index (χ4v) is 9.36. The molecule has 0 atom stereocenters. The summed E-state index contributed by atoms with van der Waals surface area (Å²) >= 11 is 0. The van der Waals surface area contributed by atoms with E-state index in [1.54, 1.807) is 7.11 Å². The number of nitriles is 2. The first-order valence-electron chi connectivity index (χ1n) is 22.3. The van der Waals surface area contributed by atoms with Gasteiger partial charge in [0.05, 0.1) is 34.7 Å². The molecule has 2 aliphatic heterocycles. The maximum absolute atomic E-state index is 13.5. The Hall–Kier alpha value is -6.86. The zero-order chi connectivity index (χ0) is 46.4. The average molecular weight is 871 g/mol. The third-order valence-corrected chi connectivity index (χ3v) is 13.0. The van der Waals surface area contributed by atoms with Crippen molar-refractivity contribution in [3.05, 3.63) is 151 Å². The molecule has 3 N–H and O–H groups in total. The third kappa shape index (κ3) is 10.3. The van der Waals surface area contributed by atoms with Crippen molar-refractivity contribution in [2.75, 3.05) is 33.3 Å². The van der Waals surface area contributed by atoms with Crippen molar-refractivity contribution in [2.24, 2.45) is 0 Å². The second-order valence-corrected chi connectivity index (χ2v) is 17.5. The molecule has 12 nitrogen and oxygen atoms in total. The number of ether oxygens (including phenoxy) is 1. The van der Waals surface area contributed by atoms with E-state index in [0.29, 0.717) is 54.0 Å². The highest BCUT2D eigenvalue weighted by atomic mass is 16.5. The number of aliphatic hydroxyl groups excluding tert-OH is 1. The Balaban J connectivity index is 0.000000194. The molecular weight excluding hydrogens is 813 g/mol. The SMILES string of the molecule is COCc1nc(-c2cc(C(=O)N3CCC(c4ccc(C#N)cc4)CC3)c(C)cc2C)c(C)[nH]1.Cc1cc(C)c(-c2nc(CO)[nH]c2C)cc1C(=O)N1CCC(c2ccc(C#N)cc2)CC1.